The molecule has 0 aliphatic carbocycles. The van der Waals surface area contributed by atoms with Gasteiger partial charge in [0, 0.05) is 37.5 Å². The van der Waals surface area contributed by atoms with Crippen molar-refractivity contribution in [2.45, 2.75) is 26.3 Å². The highest BCUT2D eigenvalue weighted by molar-refractivity contribution is 5.38. The van der Waals surface area contributed by atoms with Crippen LogP contribution in [0.3, 0.4) is 0 Å². The van der Waals surface area contributed by atoms with Crippen molar-refractivity contribution in [1.29, 1.82) is 0 Å². The number of nitrogens with two attached hydrogens (primary N) is 1. The van der Waals surface area contributed by atoms with Gasteiger partial charge in [0.2, 0.25) is 0 Å². The van der Waals surface area contributed by atoms with E-state index >= 15 is 0 Å². The molecule has 2 aromatic rings. The van der Waals surface area contributed by atoms with Crippen LogP contribution in [0.5, 0.6) is 5.75 Å². The maximum absolute atomic E-state index is 5.98. The largest absolute Gasteiger partial charge is 0.493 e. The molecule has 0 bridgehead atoms. The predicted molar refractivity (Wildman–Crippen MR) is 76.2 cm³/mol. The lowest BCUT2D eigenvalue weighted by Gasteiger charge is -2.14. The van der Waals surface area contributed by atoms with Crippen molar-refractivity contribution in [3.8, 4) is 5.75 Å². The lowest BCUT2D eigenvalue weighted by atomic mass is 10.1. The van der Waals surface area contributed by atoms with Crippen molar-refractivity contribution in [1.82, 2.24) is 9.55 Å². The smallest absolute Gasteiger partial charge is 0.124 e. The molecule has 102 valence electrons. The average molecular weight is 259 g/mol. The van der Waals surface area contributed by atoms with Gasteiger partial charge in [-0.25, -0.2) is 4.98 Å². The quantitative estimate of drug-likeness (QED) is 0.897. The Balaban J connectivity index is 2.01. The summed E-state index contributed by atoms with van der Waals surface area (Å²) in [5.74, 6) is 1.89. The molecule has 4 heteroatoms. The Kier molecular flexibility index (Phi) is 4.22. The molecule has 1 atom stereocenters. The molecule has 1 aromatic heterocycles. The monoisotopic (exact) mass is 259 g/mol. The third-order valence-electron chi connectivity index (χ3n) is 3.16. The molecule has 0 saturated heterocycles. The van der Waals surface area contributed by atoms with Crippen molar-refractivity contribution >= 4 is 0 Å². The van der Waals surface area contributed by atoms with Crippen molar-refractivity contribution in [3.05, 3.63) is 47.5 Å². The molecule has 0 fully saturated rings. The molecule has 2 rings (SSSR count). The molecule has 0 aliphatic heterocycles. The fourth-order valence-corrected chi connectivity index (χ4v) is 2.04. The summed E-state index contributed by atoms with van der Waals surface area (Å²) in [6.45, 7) is 4.64. The molecule has 19 heavy (non-hydrogen) atoms. The van der Waals surface area contributed by atoms with Crippen molar-refractivity contribution in [2.75, 3.05) is 6.61 Å². The maximum Gasteiger partial charge on any atom is 0.124 e. The van der Waals surface area contributed by atoms with Gasteiger partial charge in [-0.15, -0.1) is 0 Å². The molecule has 1 heterocycles. The number of rotatable bonds is 5. The summed E-state index contributed by atoms with van der Waals surface area (Å²) in [6.07, 6.45) is 4.53. The van der Waals surface area contributed by atoms with Crippen LogP contribution in [0.2, 0.25) is 0 Å². The van der Waals surface area contributed by atoms with Gasteiger partial charge in [0.15, 0.2) is 0 Å². The van der Waals surface area contributed by atoms with Gasteiger partial charge in [0.25, 0.3) is 0 Å². The van der Waals surface area contributed by atoms with Crippen molar-refractivity contribution in [2.24, 2.45) is 12.8 Å². The van der Waals surface area contributed by atoms with Gasteiger partial charge in [0.05, 0.1) is 6.61 Å². The number of aryl methyl sites for hydroxylation is 2. The Morgan fingerprint density at radius 1 is 1.42 bits per heavy atom. The van der Waals surface area contributed by atoms with E-state index in [4.69, 9.17) is 10.5 Å². The molecule has 4 nitrogen and oxygen atoms in total. The summed E-state index contributed by atoms with van der Waals surface area (Å²) >= 11 is 0. The molecular formula is C15H21N3O. The second kappa shape index (κ2) is 5.89. The van der Waals surface area contributed by atoms with Crippen molar-refractivity contribution in [3.63, 3.8) is 0 Å². The number of aromatic nitrogens is 2. The SMILES string of the molecule is Cc1ccc(OCCc2nccn2C)c([C@@H](C)N)c1. The highest BCUT2D eigenvalue weighted by Crippen LogP contribution is 2.25. The Labute approximate surface area is 114 Å². The molecule has 0 aliphatic rings. The predicted octanol–water partition coefficient (Wildman–Crippen LogP) is 2.37. The molecule has 1 aromatic carbocycles. The van der Waals surface area contributed by atoms with Gasteiger partial charge >= 0.3 is 0 Å². The van der Waals surface area contributed by atoms with Gasteiger partial charge in [-0.05, 0) is 19.9 Å². The average Bonchev–Trinajstić information content (AvgIpc) is 2.77. The lowest BCUT2D eigenvalue weighted by Crippen LogP contribution is -2.11. The van der Waals surface area contributed by atoms with Gasteiger partial charge in [-0.3, -0.25) is 0 Å². The van der Waals surface area contributed by atoms with Crippen LogP contribution in [-0.2, 0) is 13.5 Å². The van der Waals surface area contributed by atoms with E-state index in [9.17, 15) is 0 Å². The molecule has 0 amide bonds. The minimum atomic E-state index is -0.0249. The van der Waals surface area contributed by atoms with Crippen LogP contribution in [0.1, 0.15) is 29.9 Å². The Morgan fingerprint density at radius 2 is 2.21 bits per heavy atom. The molecule has 0 radical (unpaired) electrons. The van der Waals surface area contributed by atoms with Gasteiger partial charge in [0.1, 0.15) is 11.6 Å². The lowest BCUT2D eigenvalue weighted by molar-refractivity contribution is 0.313. The number of imidazole rings is 1. The highest BCUT2D eigenvalue weighted by atomic mass is 16.5. The van der Waals surface area contributed by atoms with Crippen LogP contribution in [0, 0.1) is 6.92 Å². The maximum atomic E-state index is 5.98. The summed E-state index contributed by atoms with van der Waals surface area (Å²) in [5, 5.41) is 0. The van der Waals surface area contributed by atoms with E-state index in [0.29, 0.717) is 6.61 Å². The number of ether oxygens (including phenoxy) is 1. The molecular weight excluding hydrogens is 238 g/mol. The first-order valence-electron chi connectivity index (χ1n) is 6.53. The fourth-order valence-electron chi connectivity index (χ4n) is 2.04. The van der Waals surface area contributed by atoms with E-state index in [1.807, 2.05) is 36.9 Å². The summed E-state index contributed by atoms with van der Waals surface area (Å²) in [6, 6.07) is 6.10. The topological polar surface area (TPSA) is 53.1 Å². The second-order valence-corrected chi connectivity index (χ2v) is 4.88. The zero-order valence-electron chi connectivity index (χ0n) is 11.8. The van der Waals surface area contributed by atoms with E-state index < -0.39 is 0 Å². The Morgan fingerprint density at radius 3 is 2.84 bits per heavy atom. The van der Waals surface area contributed by atoms with Crippen LogP contribution in [0.4, 0.5) is 0 Å². The minimum Gasteiger partial charge on any atom is -0.493 e. The summed E-state index contributed by atoms with van der Waals surface area (Å²) in [5.41, 5.74) is 8.23. The van der Waals surface area contributed by atoms with E-state index in [-0.39, 0.29) is 6.04 Å². The normalized spacial score (nSPS) is 12.4. The third-order valence-corrected chi connectivity index (χ3v) is 3.16. The fraction of sp³-hybridized carbons (Fsp3) is 0.400. The van der Waals surface area contributed by atoms with Crippen LogP contribution >= 0.6 is 0 Å². The molecule has 2 N–H and O–H groups in total. The van der Waals surface area contributed by atoms with E-state index in [1.165, 1.54) is 5.56 Å². The first kappa shape index (κ1) is 13.6. The van der Waals surface area contributed by atoms with Crippen LogP contribution in [0.15, 0.2) is 30.6 Å². The molecule has 0 saturated carbocycles. The van der Waals surface area contributed by atoms with E-state index in [1.54, 1.807) is 6.20 Å². The summed E-state index contributed by atoms with van der Waals surface area (Å²) in [4.78, 5) is 4.28. The first-order valence-corrected chi connectivity index (χ1v) is 6.53. The minimum absolute atomic E-state index is 0.0249. The Bertz CT molecular complexity index is 546. The number of hydrogen-bond acceptors (Lipinski definition) is 3. The second-order valence-electron chi connectivity index (χ2n) is 4.88. The highest BCUT2D eigenvalue weighted by Gasteiger charge is 2.09. The third kappa shape index (κ3) is 3.35. The standard InChI is InChI=1S/C15H21N3O/c1-11-4-5-14(13(10-11)12(2)16)19-9-6-15-17-7-8-18(15)3/h4-5,7-8,10,12H,6,9,16H2,1-3H3/t12-/m1/s1. The van der Waals surface area contributed by atoms with Gasteiger partial charge in [-0.2, -0.15) is 0 Å². The van der Waals surface area contributed by atoms with Crippen molar-refractivity contribution < 1.29 is 4.74 Å². The number of hydrogen-bond donors (Lipinski definition) is 1. The van der Waals surface area contributed by atoms with Crippen LogP contribution < -0.4 is 10.5 Å². The molecule has 0 unspecified atom stereocenters. The number of nitrogens with zero attached hydrogens (tertiary/aromatic N) is 2. The Hall–Kier alpha value is -1.81. The summed E-state index contributed by atoms with van der Waals surface area (Å²) < 4.78 is 7.85. The zero-order valence-corrected chi connectivity index (χ0v) is 11.8. The molecule has 0 spiro atoms. The van der Waals surface area contributed by atoms with Gasteiger partial charge < -0.3 is 15.0 Å². The first-order chi connectivity index (χ1) is 9.08. The summed E-state index contributed by atoms with van der Waals surface area (Å²) in [7, 11) is 1.99. The number of benzene rings is 1. The van der Waals surface area contributed by atoms with Crippen LogP contribution in [0.25, 0.3) is 0 Å². The zero-order chi connectivity index (χ0) is 13.8. The van der Waals surface area contributed by atoms with Gasteiger partial charge in [-0.1, -0.05) is 17.7 Å². The van der Waals surface area contributed by atoms with E-state index in [0.717, 1.165) is 23.6 Å². The van der Waals surface area contributed by atoms with Crippen LogP contribution in [-0.4, -0.2) is 16.2 Å². The van der Waals surface area contributed by atoms with E-state index in [2.05, 4.69) is 18.0 Å².